The number of hydrogen-bond acceptors (Lipinski definition) is 4. The van der Waals surface area contributed by atoms with E-state index in [0.29, 0.717) is 12.8 Å². The van der Waals surface area contributed by atoms with Crippen LogP contribution in [0.5, 0.6) is 11.5 Å². The maximum atomic E-state index is 5.45. The van der Waals surface area contributed by atoms with E-state index >= 15 is 0 Å². The Morgan fingerprint density at radius 2 is 1.96 bits per heavy atom. The second-order valence-electron chi connectivity index (χ2n) is 6.76. The molecule has 1 aliphatic heterocycles. The summed E-state index contributed by atoms with van der Waals surface area (Å²) in [6.07, 6.45) is 1.99. The Balaban J connectivity index is 1.42. The van der Waals surface area contributed by atoms with Crippen molar-refractivity contribution in [2.24, 2.45) is 0 Å². The minimum absolute atomic E-state index is 0.320. The molecule has 0 saturated heterocycles. The Labute approximate surface area is 161 Å². The van der Waals surface area contributed by atoms with E-state index in [2.05, 4.69) is 65.4 Å². The van der Waals surface area contributed by atoms with Gasteiger partial charge in [0.1, 0.15) is 5.82 Å². The Kier molecular flexibility index (Phi) is 4.72. The van der Waals surface area contributed by atoms with Gasteiger partial charge >= 0.3 is 0 Å². The van der Waals surface area contributed by atoms with Crippen molar-refractivity contribution in [3.8, 4) is 11.5 Å². The van der Waals surface area contributed by atoms with Crippen molar-refractivity contribution in [3.05, 3.63) is 58.1 Å². The van der Waals surface area contributed by atoms with Gasteiger partial charge in [-0.15, -0.1) is 0 Å². The summed E-state index contributed by atoms with van der Waals surface area (Å²) in [6.45, 7) is 4.63. The van der Waals surface area contributed by atoms with Gasteiger partial charge in [-0.3, -0.25) is 0 Å². The number of benzene rings is 2. The zero-order valence-electron chi connectivity index (χ0n) is 14.9. The quantitative estimate of drug-likeness (QED) is 0.603. The van der Waals surface area contributed by atoms with Crippen LogP contribution in [0.2, 0.25) is 0 Å². The highest BCUT2D eigenvalue weighted by Crippen LogP contribution is 2.33. The summed E-state index contributed by atoms with van der Waals surface area (Å²) in [7, 11) is 0. The maximum Gasteiger partial charge on any atom is 0.231 e. The highest BCUT2D eigenvalue weighted by Gasteiger charge is 2.14. The summed E-state index contributed by atoms with van der Waals surface area (Å²) in [5, 5.41) is 4.71. The van der Waals surface area contributed by atoms with Crippen molar-refractivity contribution in [3.63, 3.8) is 0 Å². The summed E-state index contributed by atoms with van der Waals surface area (Å²) >= 11 is 3.53. The second kappa shape index (κ2) is 7.16. The lowest BCUT2D eigenvalue weighted by Crippen LogP contribution is -2.17. The normalized spacial score (nSPS) is 13.8. The monoisotopic (exact) mass is 412 g/mol. The van der Waals surface area contributed by atoms with E-state index in [4.69, 9.17) is 14.5 Å². The third-order valence-electron chi connectivity index (χ3n) is 4.67. The molecular weight excluding hydrogens is 392 g/mol. The van der Waals surface area contributed by atoms with Crippen LogP contribution in [0.4, 0.5) is 5.82 Å². The standard InChI is InChI=1S/C21H21BrN2O2/c1-13-9-21(24-18-7-6-16(22)11-17(13)18)23-14(2)3-4-15-5-8-19-20(10-15)26-12-25-19/h5-11,14H,3-4,12H2,1-2H3,(H,23,24). The molecule has 1 N–H and O–H groups in total. The molecule has 1 aromatic heterocycles. The van der Waals surface area contributed by atoms with Crippen molar-refractivity contribution in [2.45, 2.75) is 32.7 Å². The smallest absolute Gasteiger partial charge is 0.231 e. The number of fused-ring (bicyclic) bond motifs is 2. The van der Waals surface area contributed by atoms with Crippen molar-refractivity contribution < 1.29 is 9.47 Å². The summed E-state index contributed by atoms with van der Waals surface area (Å²) in [4.78, 5) is 4.75. The number of pyridine rings is 1. The molecule has 0 saturated carbocycles. The SMILES string of the molecule is Cc1cc(NC(C)CCc2ccc3c(c2)OCO3)nc2ccc(Br)cc12. The molecule has 2 aromatic carbocycles. The van der Waals surface area contributed by atoms with Gasteiger partial charge in [0.15, 0.2) is 11.5 Å². The number of aryl methyl sites for hydroxylation is 2. The van der Waals surface area contributed by atoms with Crippen molar-refractivity contribution in [1.29, 1.82) is 0 Å². The molecule has 4 rings (SSSR count). The van der Waals surface area contributed by atoms with E-state index in [0.717, 1.165) is 40.1 Å². The van der Waals surface area contributed by atoms with Crippen LogP contribution < -0.4 is 14.8 Å². The highest BCUT2D eigenvalue weighted by molar-refractivity contribution is 9.10. The first kappa shape index (κ1) is 17.2. The molecule has 5 heteroatoms. The minimum atomic E-state index is 0.320. The molecule has 0 bridgehead atoms. The summed E-state index contributed by atoms with van der Waals surface area (Å²) in [5.41, 5.74) is 3.50. The Hall–Kier alpha value is -2.27. The van der Waals surface area contributed by atoms with E-state index in [1.807, 2.05) is 12.1 Å². The molecule has 2 heterocycles. The van der Waals surface area contributed by atoms with Gasteiger partial charge in [0.05, 0.1) is 5.52 Å². The minimum Gasteiger partial charge on any atom is -0.454 e. The van der Waals surface area contributed by atoms with Gasteiger partial charge in [-0.25, -0.2) is 4.98 Å². The molecule has 0 amide bonds. The number of nitrogens with one attached hydrogen (secondary N) is 1. The number of hydrogen-bond donors (Lipinski definition) is 1. The van der Waals surface area contributed by atoms with Gasteiger partial charge in [-0.05, 0) is 74.2 Å². The molecular formula is C21H21BrN2O2. The molecule has 1 atom stereocenters. The Morgan fingerprint density at radius 1 is 1.12 bits per heavy atom. The third kappa shape index (κ3) is 3.63. The zero-order valence-corrected chi connectivity index (χ0v) is 16.5. The van der Waals surface area contributed by atoms with Crippen LogP contribution in [0.3, 0.4) is 0 Å². The molecule has 1 unspecified atom stereocenters. The molecule has 0 aliphatic carbocycles. The van der Waals surface area contributed by atoms with Crippen LogP contribution in [-0.4, -0.2) is 17.8 Å². The molecule has 0 fully saturated rings. The van der Waals surface area contributed by atoms with Crippen LogP contribution in [0.15, 0.2) is 46.9 Å². The van der Waals surface area contributed by atoms with Crippen molar-refractivity contribution in [1.82, 2.24) is 4.98 Å². The number of aromatic nitrogens is 1. The van der Waals surface area contributed by atoms with Gasteiger partial charge < -0.3 is 14.8 Å². The average molecular weight is 413 g/mol. The Bertz CT molecular complexity index is 958. The third-order valence-corrected chi connectivity index (χ3v) is 5.17. The average Bonchev–Trinajstić information content (AvgIpc) is 3.08. The number of anilines is 1. The largest absolute Gasteiger partial charge is 0.454 e. The van der Waals surface area contributed by atoms with Crippen LogP contribution in [0.1, 0.15) is 24.5 Å². The number of ether oxygens (including phenoxy) is 2. The first-order valence-corrected chi connectivity index (χ1v) is 9.60. The van der Waals surface area contributed by atoms with E-state index in [9.17, 15) is 0 Å². The van der Waals surface area contributed by atoms with E-state index in [1.54, 1.807) is 0 Å². The van der Waals surface area contributed by atoms with Crippen molar-refractivity contribution in [2.75, 3.05) is 12.1 Å². The van der Waals surface area contributed by atoms with Crippen LogP contribution >= 0.6 is 15.9 Å². The summed E-state index contributed by atoms with van der Waals surface area (Å²) in [6, 6.07) is 14.8. The van der Waals surface area contributed by atoms with E-state index in [1.165, 1.54) is 16.5 Å². The lowest BCUT2D eigenvalue weighted by Gasteiger charge is -2.16. The van der Waals surface area contributed by atoms with Crippen LogP contribution in [-0.2, 0) is 6.42 Å². The highest BCUT2D eigenvalue weighted by atomic mass is 79.9. The van der Waals surface area contributed by atoms with Gasteiger partial charge in [-0.2, -0.15) is 0 Å². The molecule has 26 heavy (non-hydrogen) atoms. The first-order valence-electron chi connectivity index (χ1n) is 8.80. The zero-order chi connectivity index (χ0) is 18.1. The lowest BCUT2D eigenvalue weighted by molar-refractivity contribution is 0.174. The van der Waals surface area contributed by atoms with E-state index in [-0.39, 0.29) is 0 Å². The second-order valence-corrected chi connectivity index (χ2v) is 7.67. The predicted molar refractivity (Wildman–Crippen MR) is 108 cm³/mol. The topological polar surface area (TPSA) is 43.4 Å². The fourth-order valence-corrected chi connectivity index (χ4v) is 3.61. The maximum absolute atomic E-state index is 5.45. The van der Waals surface area contributed by atoms with Crippen molar-refractivity contribution >= 4 is 32.7 Å². The first-order chi connectivity index (χ1) is 12.6. The molecule has 3 aromatic rings. The number of nitrogens with zero attached hydrogens (tertiary/aromatic N) is 1. The van der Waals surface area contributed by atoms with Gasteiger partial charge in [0.25, 0.3) is 0 Å². The van der Waals surface area contributed by atoms with Gasteiger partial charge in [-0.1, -0.05) is 22.0 Å². The summed E-state index contributed by atoms with van der Waals surface area (Å²) in [5.74, 6) is 2.61. The van der Waals surface area contributed by atoms with Crippen LogP contribution in [0, 0.1) is 6.92 Å². The molecule has 4 nitrogen and oxygen atoms in total. The fourth-order valence-electron chi connectivity index (χ4n) is 3.24. The predicted octanol–water partition coefficient (Wildman–Crippen LogP) is 5.47. The van der Waals surface area contributed by atoms with Gasteiger partial charge in [0, 0.05) is 15.9 Å². The van der Waals surface area contributed by atoms with E-state index < -0.39 is 0 Å². The number of rotatable bonds is 5. The number of halogens is 1. The van der Waals surface area contributed by atoms with Crippen LogP contribution in [0.25, 0.3) is 10.9 Å². The summed E-state index contributed by atoms with van der Waals surface area (Å²) < 4.78 is 11.9. The Morgan fingerprint density at radius 3 is 2.85 bits per heavy atom. The molecule has 134 valence electrons. The lowest BCUT2D eigenvalue weighted by atomic mass is 10.1. The fraction of sp³-hybridized carbons (Fsp3) is 0.286. The molecule has 0 spiro atoms. The molecule has 0 radical (unpaired) electrons. The van der Waals surface area contributed by atoms with Gasteiger partial charge in [0.2, 0.25) is 6.79 Å². The molecule has 1 aliphatic rings.